The summed E-state index contributed by atoms with van der Waals surface area (Å²) >= 11 is 0. The number of fused-ring (bicyclic) bond motifs is 3. The minimum absolute atomic E-state index is 0.0616. The van der Waals surface area contributed by atoms with Crippen molar-refractivity contribution >= 4 is 18.0 Å². The molecule has 2 aromatic rings. The maximum atomic E-state index is 13.0. The van der Waals surface area contributed by atoms with E-state index in [2.05, 4.69) is 22.8 Å². The average Bonchev–Trinajstić information content (AvgIpc) is 3.12. The van der Waals surface area contributed by atoms with Gasteiger partial charge in [0.1, 0.15) is 18.7 Å². The molecule has 3 atom stereocenters. The molecule has 0 saturated heterocycles. The van der Waals surface area contributed by atoms with Gasteiger partial charge in [0.15, 0.2) is 0 Å². The van der Waals surface area contributed by atoms with Crippen LogP contribution in [0.15, 0.2) is 48.5 Å². The van der Waals surface area contributed by atoms with Crippen LogP contribution < -0.4 is 10.6 Å². The molecule has 0 spiro atoms. The third-order valence-corrected chi connectivity index (χ3v) is 7.30. The van der Waals surface area contributed by atoms with Crippen LogP contribution in [0.25, 0.3) is 11.1 Å². The zero-order valence-corrected chi connectivity index (χ0v) is 19.6. The van der Waals surface area contributed by atoms with E-state index in [4.69, 9.17) is 4.74 Å². The predicted octanol–water partition coefficient (Wildman–Crippen LogP) is 4.31. The van der Waals surface area contributed by atoms with Gasteiger partial charge in [-0.05, 0) is 46.9 Å². The smallest absolute Gasteiger partial charge is 0.407 e. The molecule has 2 aliphatic rings. The van der Waals surface area contributed by atoms with E-state index < -0.39 is 30.1 Å². The molecular formula is C27H32N2O5. The summed E-state index contributed by atoms with van der Waals surface area (Å²) in [6, 6.07) is 14.4. The number of carbonyl (C=O) groups excluding carboxylic acids is 2. The minimum Gasteiger partial charge on any atom is -0.480 e. The highest BCUT2D eigenvalue weighted by Gasteiger charge is 2.37. The summed E-state index contributed by atoms with van der Waals surface area (Å²) in [5, 5.41) is 14.9. The fourth-order valence-corrected chi connectivity index (χ4v) is 4.87. The number of alkyl carbamates (subject to hydrolysis) is 1. The Bertz CT molecular complexity index is 1020. The molecule has 0 aromatic heterocycles. The normalized spacial score (nSPS) is 17.5. The van der Waals surface area contributed by atoms with Crippen LogP contribution in [-0.2, 0) is 14.3 Å². The van der Waals surface area contributed by atoms with Gasteiger partial charge in [-0.2, -0.15) is 0 Å². The van der Waals surface area contributed by atoms with Crippen LogP contribution in [-0.4, -0.2) is 41.8 Å². The quantitative estimate of drug-likeness (QED) is 0.513. The fraction of sp³-hybridized carbons (Fsp3) is 0.444. The monoisotopic (exact) mass is 464 g/mol. The number of hydrogen-bond acceptors (Lipinski definition) is 4. The van der Waals surface area contributed by atoms with Gasteiger partial charge in [-0.3, -0.25) is 4.79 Å². The first-order valence-corrected chi connectivity index (χ1v) is 12.0. The molecule has 34 heavy (non-hydrogen) atoms. The minimum atomic E-state index is -1.04. The maximum Gasteiger partial charge on any atom is 0.407 e. The van der Waals surface area contributed by atoms with Crippen LogP contribution in [0.5, 0.6) is 0 Å². The Kier molecular flexibility index (Phi) is 7.20. The van der Waals surface area contributed by atoms with Crippen LogP contribution >= 0.6 is 0 Å². The van der Waals surface area contributed by atoms with E-state index in [1.54, 1.807) is 0 Å². The summed E-state index contributed by atoms with van der Waals surface area (Å²) in [4.78, 5) is 37.4. The average molecular weight is 465 g/mol. The number of amides is 2. The van der Waals surface area contributed by atoms with E-state index >= 15 is 0 Å². The summed E-state index contributed by atoms with van der Waals surface area (Å²) in [5.74, 6) is -1.85. The fourth-order valence-electron chi connectivity index (χ4n) is 4.87. The van der Waals surface area contributed by atoms with Crippen molar-refractivity contribution in [1.29, 1.82) is 0 Å². The highest BCUT2D eigenvalue weighted by molar-refractivity contribution is 5.89. The number of carboxylic acids is 1. The summed E-state index contributed by atoms with van der Waals surface area (Å²) in [6.07, 6.45) is 2.49. The highest BCUT2D eigenvalue weighted by Crippen LogP contribution is 2.44. The first-order valence-electron chi connectivity index (χ1n) is 12.0. The van der Waals surface area contributed by atoms with Gasteiger partial charge < -0.3 is 20.5 Å². The SMILES string of the molecule is CC[C@H](C)[C@H](NC(=O)OCC1c2ccccc2-c2ccccc21)C(=O)NC(C(=O)O)C1CCC1. The lowest BCUT2D eigenvalue weighted by Crippen LogP contribution is -2.56. The van der Waals surface area contributed by atoms with Crippen LogP contribution in [0.3, 0.4) is 0 Å². The summed E-state index contributed by atoms with van der Waals surface area (Å²) in [7, 11) is 0. The Hall–Kier alpha value is -3.35. The molecule has 0 radical (unpaired) electrons. The van der Waals surface area contributed by atoms with Gasteiger partial charge in [-0.15, -0.1) is 0 Å². The predicted molar refractivity (Wildman–Crippen MR) is 128 cm³/mol. The number of ether oxygens (including phenoxy) is 1. The topological polar surface area (TPSA) is 105 Å². The number of carboxylic acid groups (broad SMARTS) is 1. The summed E-state index contributed by atoms with van der Waals surface area (Å²) < 4.78 is 5.60. The molecule has 2 aromatic carbocycles. The lowest BCUT2D eigenvalue weighted by atomic mass is 9.79. The molecule has 7 nitrogen and oxygen atoms in total. The van der Waals surface area contributed by atoms with Crippen molar-refractivity contribution in [2.24, 2.45) is 11.8 Å². The second-order valence-electron chi connectivity index (χ2n) is 9.35. The Labute approximate surface area is 199 Å². The zero-order valence-electron chi connectivity index (χ0n) is 19.6. The Morgan fingerprint density at radius 2 is 1.59 bits per heavy atom. The standard InChI is InChI=1S/C27H32N2O5/c1-3-16(2)23(25(30)28-24(26(31)32)17-9-8-10-17)29-27(33)34-15-22-20-13-6-4-11-18(20)19-12-5-7-14-21(19)22/h4-7,11-14,16-17,22-24H,3,8-10,15H2,1-2H3,(H,28,30)(H,29,33)(H,31,32)/t16-,23-,24?/m0/s1. The van der Waals surface area contributed by atoms with E-state index in [-0.39, 0.29) is 24.4 Å². The first-order chi connectivity index (χ1) is 16.4. The zero-order chi connectivity index (χ0) is 24.2. The number of carbonyl (C=O) groups is 3. The van der Waals surface area contributed by atoms with Gasteiger partial charge in [-0.1, -0.05) is 75.2 Å². The van der Waals surface area contributed by atoms with E-state index in [0.29, 0.717) is 6.42 Å². The highest BCUT2D eigenvalue weighted by atomic mass is 16.5. The Morgan fingerprint density at radius 3 is 2.09 bits per heavy atom. The molecule has 180 valence electrons. The molecule has 7 heteroatoms. The second kappa shape index (κ2) is 10.3. The van der Waals surface area contributed by atoms with Crippen molar-refractivity contribution in [2.45, 2.75) is 57.5 Å². The molecule has 0 bridgehead atoms. The van der Waals surface area contributed by atoms with Crippen molar-refractivity contribution in [2.75, 3.05) is 6.61 Å². The lowest BCUT2D eigenvalue weighted by Gasteiger charge is -2.33. The van der Waals surface area contributed by atoms with Crippen LogP contribution in [0.1, 0.15) is 56.6 Å². The van der Waals surface area contributed by atoms with Gasteiger partial charge in [0.2, 0.25) is 5.91 Å². The molecule has 0 heterocycles. The van der Waals surface area contributed by atoms with Crippen LogP contribution in [0.4, 0.5) is 4.79 Å². The molecule has 2 amide bonds. The number of rotatable bonds is 9. The van der Waals surface area contributed by atoms with Crippen molar-refractivity contribution in [1.82, 2.24) is 10.6 Å². The molecule has 1 fully saturated rings. The van der Waals surface area contributed by atoms with Crippen molar-refractivity contribution in [3.63, 3.8) is 0 Å². The summed E-state index contributed by atoms with van der Waals surface area (Å²) in [6.45, 7) is 3.92. The van der Waals surface area contributed by atoms with Gasteiger partial charge in [0.05, 0.1) is 0 Å². The number of benzene rings is 2. The molecule has 3 N–H and O–H groups in total. The number of nitrogens with one attached hydrogen (secondary N) is 2. The van der Waals surface area contributed by atoms with Gasteiger partial charge in [0.25, 0.3) is 0 Å². The first kappa shape index (κ1) is 23.8. The Morgan fingerprint density at radius 1 is 1.00 bits per heavy atom. The molecular weight excluding hydrogens is 432 g/mol. The second-order valence-corrected chi connectivity index (χ2v) is 9.35. The van der Waals surface area contributed by atoms with E-state index in [9.17, 15) is 19.5 Å². The molecule has 1 saturated carbocycles. The molecule has 1 unspecified atom stereocenters. The Balaban J connectivity index is 1.42. The van der Waals surface area contributed by atoms with Crippen LogP contribution in [0.2, 0.25) is 0 Å². The number of hydrogen-bond donors (Lipinski definition) is 3. The maximum absolute atomic E-state index is 13.0. The number of aliphatic carboxylic acids is 1. The van der Waals surface area contributed by atoms with E-state index in [1.807, 2.05) is 50.2 Å². The van der Waals surface area contributed by atoms with Gasteiger partial charge >= 0.3 is 12.1 Å². The third kappa shape index (κ3) is 4.79. The molecule has 0 aliphatic heterocycles. The van der Waals surface area contributed by atoms with Gasteiger partial charge in [-0.25, -0.2) is 9.59 Å². The third-order valence-electron chi connectivity index (χ3n) is 7.30. The van der Waals surface area contributed by atoms with E-state index in [0.717, 1.165) is 41.5 Å². The van der Waals surface area contributed by atoms with E-state index in [1.165, 1.54) is 0 Å². The molecule has 2 aliphatic carbocycles. The molecule has 4 rings (SSSR count). The van der Waals surface area contributed by atoms with Gasteiger partial charge in [0, 0.05) is 5.92 Å². The largest absolute Gasteiger partial charge is 0.480 e. The van der Waals surface area contributed by atoms with Crippen molar-refractivity contribution in [3.05, 3.63) is 59.7 Å². The van der Waals surface area contributed by atoms with Crippen molar-refractivity contribution in [3.8, 4) is 11.1 Å². The lowest BCUT2D eigenvalue weighted by molar-refractivity contribution is -0.145. The van der Waals surface area contributed by atoms with Crippen LogP contribution in [0, 0.1) is 11.8 Å². The summed E-state index contributed by atoms with van der Waals surface area (Å²) in [5.41, 5.74) is 4.49. The van der Waals surface area contributed by atoms with Crippen molar-refractivity contribution < 1.29 is 24.2 Å².